The first-order valence-electron chi connectivity index (χ1n) is 4.51. The second kappa shape index (κ2) is 5.02. The highest BCUT2D eigenvalue weighted by atomic mass is 16.5. The van der Waals surface area contributed by atoms with E-state index in [9.17, 15) is 14.7 Å². The number of carbonyl (C=O) groups is 2. The van der Waals surface area contributed by atoms with Gasteiger partial charge in [0.1, 0.15) is 5.57 Å². The summed E-state index contributed by atoms with van der Waals surface area (Å²) >= 11 is 0. The Labute approximate surface area is 96.4 Å². The van der Waals surface area contributed by atoms with Crippen molar-refractivity contribution in [2.45, 2.75) is 0 Å². The molecule has 0 aliphatic heterocycles. The number of hydrogen-bond donors (Lipinski definition) is 3. The summed E-state index contributed by atoms with van der Waals surface area (Å²) in [7, 11) is 1.37. The zero-order valence-electron chi connectivity index (χ0n) is 8.88. The van der Waals surface area contributed by atoms with Gasteiger partial charge in [0.15, 0.2) is 11.5 Å². The zero-order chi connectivity index (χ0) is 13.0. The van der Waals surface area contributed by atoms with Crippen LogP contribution in [0.4, 0.5) is 0 Å². The van der Waals surface area contributed by atoms with Crippen LogP contribution in [-0.4, -0.2) is 34.4 Å². The van der Waals surface area contributed by atoms with Crippen molar-refractivity contribution in [3.63, 3.8) is 0 Å². The van der Waals surface area contributed by atoms with Gasteiger partial charge in [0.2, 0.25) is 0 Å². The predicted octanol–water partition coefficient (Wildman–Crippen LogP) is 0.953. The second-order valence-corrected chi connectivity index (χ2v) is 3.10. The van der Waals surface area contributed by atoms with Gasteiger partial charge in [-0.05, 0) is 23.8 Å². The summed E-state index contributed by atoms with van der Waals surface area (Å²) in [6.45, 7) is 0. The first-order valence-corrected chi connectivity index (χ1v) is 4.51. The largest absolute Gasteiger partial charge is 0.504 e. The van der Waals surface area contributed by atoms with Crippen molar-refractivity contribution in [3.8, 4) is 11.5 Å². The van der Waals surface area contributed by atoms with Gasteiger partial charge in [-0.2, -0.15) is 0 Å². The molecule has 1 aromatic carbocycles. The van der Waals surface area contributed by atoms with Crippen LogP contribution in [0.2, 0.25) is 0 Å². The number of ether oxygens (including phenoxy) is 1. The third kappa shape index (κ3) is 2.97. The highest BCUT2D eigenvalue weighted by molar-refractivity contribution is 6.16. The Morgan fingerprint density at radius 3 is 2.24 bits per heavy atom. The Kier molecular flexibility index (Phi) is 3.71. The van der Waals surface area contributed by atoms with Crippen LogP contribution in [0.25, 0.3) is 6.08 Å². The molecule has 0 heterocycles. The van der Waals surface area contributed by atoms with Gasteiger partial charge < -0.3 is 20.1 Å². The molecule has 0 aliphatic carbocycles. The number of aliphatic carboxylic acids is 2. The molecule has 0 atom stereocenters. The first kappa shape index (κ1) is 12.6. The van der Waals surface area contributed by atoms with Crippen LogP contribution in [0, 0.1) is 0 Å². The monoisotopic (exact) mass is 238 g/mol. The molecule has 0 radical (unpaired) electrons. The fourth-order valence-corrected chi connectivity index (χ4v) is 1.18. The van der Waals surface area contributed by atoms with Gasteiger partial charge in [0.05, 0.1) is 7.11 Å². The summed E-state index contributed by atoms with van der Waals surface area (Å²) < 4.78 is 4.80. The molecule has 3 N–H and O–H groups in total. The van der Waals surface area contributed by atoms with Crippen molar-refractivity contribution in [2.75, 3.05) is 7.11 Å². The summed E-state index contributed by atoms with van der Waals surface area (Å²) in [5.41, 5.74) is -0.530. The number of carboxylic acids is 2. The predicted molar refractivity (Wildman–Crippen MR) is 57.9 cm³/mol. The van der Waals surface area contributed by atoms with Gasteiger partial charge in [-0.15, -0.1) is 0 Å². The average molecular weight is 238 g/mol. The zero-order valence-corrected chi connectivity index (χ0v) is 8.88. The Hall–Kier alpha value is -2.50. The maximum Gasteiger partial charge on any atom is 0.343 e. The van der Waals surface area contributed by atoms with E-state index in [1.54, 1.807) is 0 Å². The van der Waals surface area contributed by atoms with Gasteiger partial charge >= 0.3 is 11.9 Å². The van der Waals surface area contributed by atoms with E-state index in [-0.39, 0.29) is 17.1 Å². The number of aromatic hydroxyl groups is 1. The lowest BCUT2D eigenvalue weighted by Crippen LogP contribution is -2.10. The minimum atomic E-state index is -1.55. The third-order valence-electron chi connectivity index (χ3n) is 1.97. The van der Waals surface area contributed by atoms with Crippen LogP contribution in [0.15, 0.2) is 23.8 Å². The Morgan fingerprint density at radius 1 is 1.24 bits per heavy atom. The quantitative estimate of drug-likeness (QED) is 0.410. The lowest BCUT2D eigenvalue weighted by molar-refractivity contribution is -0.140. The summed E-state index contributed by atoms with van der Waals surface area (Å²) in [5, 5.41) is 26.7. The van der Waals surface area contributed by atoms with Crippen molar-refractivity contribution in [3.05, 3.63) is 29.3 Å². The first-order chi connectivity index (χ1) is 7.95. The van der Waals surface area contributed by atoms with Crippen LogP contribution in [0.3, 0.4) is 0 Å². The standard InChI is InChI=1S/C11H10O6/c1-17-9-3-2-6(5-8(9)12)4-7(10(13)14)11(15)16/h2-5,12H,1H3,(H,13,14)(H,15,16). The van der Waals surface area contributed by atoms with Crippen LogP contribution in [0.5, 0.6) is 11.5 Å². The molecule has 0 saturated carbocycles. The van der Waals surface area contributed by atoms with Gasteiger partial charge in [0, 0.05) is 0 Å². The summed E-state index contributed by atoms with van der Waals surface area (Å²) in [5.74, 6) is -3.08. The van der Waals surface area contributed by atoms with Crippen molar-refractivity contribution in [1.82, 2.24) is 0 Å². The normalized spacial score (nSPS) is 9.47. The van der Waals surface area contributed by atoms with Gasteiger partial charge in [-0.3, -0.25) is 0 Å². The molecule has 17 heavy (non-hydrogen) atoms. The lowest BCUT2D eigenvalue weighted by Gasteiger charge is -2.03. The maximum absolute atomic E-state index is 10.6. The molecular formula is C11H10O6. The molecular weight excluding hydrogens is 228 g/mol. The minimum absolute atomic E-state index is 0.198. The third-order valence-corrected chi connectivity index (χ3v) is 1.97. The fourth-order valence-electron chi connectivity index (χ4n) is 1.18. The van der Waals surface area contributed by atoms with E-state index in [0.717, 1.165) is 6.08 Å². The maximum atomic E-state index is 10.6. The van der Waals surface area contributed by atoms with E-state index in [1.165, 1.54) is 25.3 Å². The Balaban J connectivity index is 3.17. The van der Waals surface area contributed by atoms with Crippen molar-refractivity contribution >= 4 is 18.0 Å². The summed E-state index contributed by atoms with van der Waals surface area (Å²) in [6, 6.07) is 4.05. The molecule has 1 rings (SSSR count). The molecule has 0 aromatic heterocycles. The fraction of sp³-hybridized carbons (Fsp3) is 0.0909. The van der Waals surface area contributed by atoms with E-state index >= 15 is 0 Å². The smallest absolute Gasteiger partial charge is 0.343 e. The number of carboxylic acid groups (broad SMARTS) is 2. The minimum Gasteiger partial charge on any atom is -0.504 e. The summed E-state index contributed by atoms with van der Waals surface area (Å²) in [6.07, 6.45) is 0.948. The van der Waals surface area contributed by atoms with E-state index in [0.29, 0.717) is 0 Å². The second-order valence-electron chi connectivity index (χ2n) is 3.10. The number of rotatable bonds is 4. The average Bonchev–Trinajstić information content (AvgIpc) is 2.25. The molecule has 1 aromatic rings. The molecule has 90 valence electrons. The van der Waals surface area contributed by atoms with E-state index in [2.05, 4.69) is 0 Å². The van der Waals surface area contributed by atoms with Crippen molar-refractivity contribution < 1.29 is 29.6 Å². The number of phenols is 1. The van der Waals surface area contributed by atoms with Crippen LogP contribution < -0.4 is 4.74 Å². The molecule has 0 aliphatic rings. The Morgan fingerprint density at radius 2 is 1.82 bits per heavy atom. The van der Waals surface area contributed by atoms with Crippen LogP contribution in [-0.2, 0) is 9.59 Å². The van der Waals surface area contributed by atoms with Crippen molar-refractivity contribution in [2.24, 2.45) is 0 Å². The Bertz CT molecular complexity index is 473. The molecule has 0 spiro atoms. The molecule has 0 fully saturated rings. The number of phenolic OH excluding ortho intramolecular Hbond substituents is 1. The lowest BCUT2D eigenvalue weighted by atomic mass is 10.1. The number of benzene rings is 1. The highest BCUT2D eigenvalue weighted by Gasteiger charge is 2.16. The molecule has 6 heteroatoms. The van der Waals surface area contributed by atoms with Crippen molar-refractivity contribution in [1.29, 1.82) is 0 Å². The highest BCUT2D eigenvalue weighted by Crippen LogP contribution is 2.27. The SMILES string of the molecule is COc1ccc(C=C(C(=O)O)C(=O)O)cc1O. The molecule has 6 nitrogen and oxygen atoms in total. The van der Waals surface area contributed by atoms with E-state index in [4.69, 9.17) is 14.9 Å². The van der Waals surface area contributed by atoms with Gasteiger partial charge in [-0.25, -0.2) is 9.59 Å². The number of methoxy groups -OCH3 is 1. The van der Waals surface area contributed by atoms with Gasteiger partial charge in [-0.1, -0.05) is 6.07 Å². The topological polar surface area (TPSA) is 104 Å². The van der Waals surface area contributed by atoms with Crippen LogP contribution in [0.1, 0.15) is 5.56 Å². The summed E-state index contributed by atoms with van der Waals surface area (Å²) in [4.78, 5) is 21.2. The van der Waals surface area contributed by atoms with Gasteiger partial charge in [0.25, 0.3) is 0 Å². The van der Waals surface area contributed by atoms with E-state index < -0.39 is 17.5 Å². The molecule has 0 unspecified atom stereocenters. The van der Waals surface area contributed by atoms with Crippen LogP contribution >= 0.6 is 0 Å². The number of hydrogen-bond acceptors (Lipinski definition) is 4. The molecule has 0 amide bonds. The molecule has 0 bridgehead atoms. The molecule has 0 saturated heterocycles. The van der Waals surface area contributed by atoms with E-state index in [1.807, 2.05) is 0 Å².